The van der Waals surface area contributed by atoms with Crippen LogP contribution in [0.5, 0.6) is 0 Å². The fraction of sp³-hybridized carbons (Fsp3) is 0.455. The molecule has 1 saturated heterocycles. The molecule has 0 aromatic heterocycles. The maximum absolute atomic E-state index is 13.7. The number of nitrogens with one attached hydrogen (secondary N) is 2. The number of carbonyl (C=O) groups is 2. The number of amidine groups is 1. The lowest BCUT2D eigenvalue weighted by Gasteiger charge is -2.34. The average molecular weight is 562 g/mol. The molecule has 2 N–H and O–H groups in total. The third kappa shape index (κ3) is 9.59. The molecule has 1 fully saturated rings. The van der Waals surface area contributed by atoms with Gasteiger partial charge in [0.25, 0.3) is 12.4 Å². The molecule has 0 radical (unpaired) electrons. The van der Waals surface area contributed by atoms with Crippen molar-refractivity contribution in [3.05, 3.63) is 76.5 Å². The Morgan fingerprint density at radius 3 is 2.24 bits per heavy atom. The lowest BCUT2D eigenvalue weighted by molar-refractivity contribution is -0.129. The quantitative estimate of drug-likeness (QED) is 0.245. The summed E-state index contributed by atoms with van der Waals surface area (Å²) in [5, 5.41) is 6.67. The van der Waals surface area contributed by atoms with E-state index < -0.39 is 0 Å². The molecule has 1 atom stereocenters. The summed E-state index contributed by atoms with van der Waals surface area (Å²) in [5.41, 5.74) is 5.84. The molecule has 2 aliphatic rings. The number of para-hydroxylation sites is 1. The van der Waals surface area contributed by atoms with Gasteiger partial charge in [0.05, 0.1) is 12.2 Å². The number of hydrogen-bond acceptors (Lipinski definition) is 6. The predicted octanol–water partition coefficient (Wildman–Crippen LogP) is 6.57. The van der Waals surface area contributed by atoms with E-state index in [9.17, 15) is 9.59 Å². The summed E-state index contributed by atoms with van der Waals surface area (Å²) in [4.78, 5) is 34.5. The number of carbonyl (C=O) groups excluding carboxylic acids is 2. The van der Waals surface area contributed by atoms with Crippen molar-refractivity contribution in [2.45, 2.75) is 74.3 Å². The second-order valence-corrected chi connectivity index (χ2v) is 10.0. The molecule has 1 amide bonds. The molecule has 2 heterocycles. The molecule has 0 spiro atoms. The van der Waals surface area contributed by atoms with Gasteiger partial charge in [0.1, 0.15) is 11.9 Å². The van der Waals surface area contributed by atoms with Gasteiger partial charge in [0.2, 0.25) is 5.96 Å². The number of benzene rings is 2. The van der Waals surface area contributed by atoms with Gasteiger partial charge in [-0.15, -0.1) is 0 Å². The highest BCUT2D eigenvalue weighted by Gasteiger charge is 2.33. The van der Waals surface area contributed by atoms with Crippen LogP contribution >= 0.6 is 0 Å². The van der Waals surface area contributed by atoms with E-state index in [4.69, 9.17) is 9.98 Å². The Morgan fingerprint density at radius 1 is 1.07 bits per heavy atom. The molecule has 2 aromatic rings. The van der Waals surface area contributed by atoms with Crippen LogP contribution in [0.2, 0.25) is 0 Å². The molecule has 0 bridgehead atoms. The van der Waals surface area contributed by atoms with E-state index >= 15 is 0 Å². The zero-order chi connectivity index (χ0) is 30.4. The Morgan fingerprint density at radius 2 is 1.68 bits per heavy atom. The van der Waals surface area contributed by atoms with E-state index in [1.165, 1.54) is 0 Å². The third-order valence-electron chi connectivity index (χ3n) is 6.98. The maximum Gasteiger partial charge on any atom is 0.293 e. The van der Waals surface area contributed by atoms with E-state index in [0.29, 0.717) is 30.5 Å². The first kappa shape index (κ1) is 33.3. The zero-order valence-corrected chi connectivity index (χ0v) is 26.0. The summed E-state index contributed by atoms with van der Waals surface area (Å²) in [5.74, 6) is 1.98. The van der Waals surface area contributed by atoms with Crippen molar-refractivity contribution in [3.63, 3.8) is 0 Å². The van der Waals surface area contributed by atoms with Crippen LogP contribution in [0.3, 0.4) is 0 Å². The molecular weight excluding hydrogens is 514 g/mol. The molecule has 1 unspecified atom stereocenters. The smallest absolute Gasteiger partial charge is 0.293 e. The topological polar surface area (TPSA) is 95.4 Å². The minimum Gasteiger partial charge on any atom is -0.468 e. The molecular formula is C33H47N5O3. The van der Waals surface area contributed by atoms with E-state index in [1.807, 2.05) is 62.9 Å². The van der Waals surface area contributed by atoms with Gasteiger partial charge in [-0.1, -0.05) is 63.2 Å². The molecule has 8 heteroatoms. The van der Waals surface area contributed by atoms with Gasteiger partial charge in [-0.3, -0.25) is 9.59 Å². The van der Waals surface area contributed by atoms with E-state index in [2.05, 4.69) is 54.3 Å². The molecule has 0 saturated carbocycles. The molecule has 8 nitrogen and oxygen atoms in total. The summed E-state index contributed by atoms with van der Waals surface area (Å²) in [6.45, 7) is 18.5. The Kier molecular flexibility index (Phi) is 13.8. The van der Waals surface area contributed by atoms with E-state index in [1.54, 1.807) is 6.92 Å². The SMILES string of the molecule is CC.CC1=C(C(=O)N2CCC(C)CC2)C(c2ccccc2C)N=C(/N=C(/C)Nc2ccccc2C)N1.CCOC=O. The van der Waals surface area contributed by atoms with Crippen LogP contribution in [0.15, 0.2) is 69.8 Å². The van der Waals surface area contributed by atoms with Gasteiger partial charge in [0.15, 0.2) is 0 Å². The lowest BCUT2D eigenvalue weighted by atomic mass is 9.91. The van der Waals surface area contributed by atoms with Gasteiger partial charge >= 0.3 is 0 Å². The van der Waals surface area contributed by atoms with Crippen molar-refractivity contribution in [2.75, 3.05) is 25.0 Å². The number of aryl methyl sites for hydroxylation is 2. The Bertz CT molecular complexity index is 1240. The maximum atomic E-state index is 13.7. The Hall–Kier alpha value is -3.94. The highest BCUT2D eigenvalue weighted by Crippen LogP contribution is 2.34. The summed E-state index contributed by atoms with van der Waals surface area (Å²) >= 11 is 0. The molecule has 0 aliphatic carbocycles. The summed E-state index contributed by atoms with van der Waals surface area (Å²) in [7, 11) is 0. The lowest BCUT2D eigenvalue weighted by Crippen LogP contribution is -2.42. The minimum atomic E-state index is -0.390. The van der Waals surface area contributed by atoms with Crippen LogP contribution < -0.4 is 10.6 Å². The second kappa shape index (κ2) is 17.0. The highest BCUT2D eigenvalue weighted by atomic mass is 16.5. The normalized spacial score (nSPS) is 17.2. The van der Waals surface area contributed by atoms with Crippen molar-refractivity contribution in [3.8, 4) is 0 Å². The number of amides is 1. The van der Waals surface area contributed by atoms with Gasteiger partial charge in [-0.2, -0.15) is 0 Å². The summed E-state index contributed by atoms with van der Waals surface area (Å²) in [6.07, 6.45) is 2.09. The summed E-state index contributed by atoms with van der Waals surface area (Å²) in [6, 6.07) is 15.9. The third-order valence-corrected chi connectivity index (χ3v) is 6.98. The zero-order valence-electron chi connectivity index (χ0n) is 26.0. The molecule has 222 valence electrons. The largest absolute Gasteiger partial charge is 0.468 e. The fourth-order valence-electron chi connectivity index (χ4n) is 4.66. The number of guanidine groups is 1. The van der Waals surface area contributed by atoms with Gasteiger partial charge in [0, 0.05) is 24.5 Å². The van der Waals surface area contributed by atoms with Crippen LogP contribution in [-0.4, -0.2) is 48.8 Å². The van der Waals surface area contributed by atoms with Gasteiger partial charge < -0.3 is 20.3 Å². The Labute approximate surface area is 246 Å². The fourth-order valence-corrected chi connectivity index (χ4v) is 4.66. The average Bonchev–Trinajstić information content (AvgIpc) is 2.96. The van der Waals surface area contributed by atoms with Crippen LogP contribution in [0.1, 0.15) is 77.1 Å². The van der Waals surface area contributed by atoms with Crippen LogP contribution in [0, 0.1) is 19.8 Å². The summed E-state index contributed by atoms with van der Waals surface area (Å²) < 4.78 is 4.15. The highest BCUT2D eigenvalue weighted by molar-refractivity contribution is 6.04. The first-order valence-electron chi connectivity index (χ1n) is 14.6. The number of anilines is 1. The Balaban J connectivity index is 0.000000759. The second-order valence-electron chi connectivity index (χ2n) is 10.0. The number of allylic oxidation sites excluding steroid dienone is 1. The van der Waals surface area contributed by atoms with Crippen molar-refractivity contribution in [2.24, 2.45) is 15.9 Å². The number of piperidine rings is 1. The van der Waals surface area contributed by atoms with Crippen LogP contribution in [0.4, 0.5) is 5.69 Å². The number of rotatable bonds is 5. The number of nitrogens with zero attached hydrogens (tertiary/aromatic N) is 3. The number of hydrogen-bond donors (Lipinski definition) is 2. The number of likely N-dealkylation sites (tertiary alicyclic amines) is 1. The van der Waals surface area contributed by atoms with Gasteiger partial charge in [-0.25, -0.2) is 9.98 Å². The van der Waals surface area contributed by atoms with Crippen molar-refractivity contribution in [1.29, 1.82) is 0 Å². The van der Waals surface area contributed by atoms with Crippen molar-refractivity contribution < 1.29 is 14.3 Å². The molecule has 2 aromatic carbocycles. The predicted molar refractivity (Wildman–Crippen MR) is 169 cm³/mol. The van der Waals surface area contributed by atoms with Gasteiger partial charge in [-0.05, 0) is 76.1 Å². The monoisotopic (exact) mass is 561 g/mol. The molecule has 2 aliphatic heterocycles. The first-order valence-corrected chi connectivity index (χ1v) is 14.6. The molecule has 4 rings (SSSR count). The number of aliphatic imine (C=N–C) groups is 2. The van der Waals surface area contributed by atoms with E-state index in [0.717, 1.165) is 59.8 Å². The number of ether oxygens (including phenoxy) is 1. The van der Waals surface area contributed by atoms with E-state index in [-0.39, 0.29) is 11.9 Å². The minimum absolute atomic E-state index is 0.0756. The van der Waals surface area contributed by atoms with Crippen LogP contribution in [0.25, 0.3) is 0 Å². The van der Waals surface area contributed by atoms with Crippen molar-refractivity contribution in [1.82, 2.24) is 10.2 Å². The van der Waals surface area contributed by atoms with Crippen molar-refractivity contribution >= 4 is 29.9 Å². The first-order chi connectivity index (χ1) is 19.7. The van der Waals surface area contributed by atoms with Crippen LogP contribution in [-0.2, 0) is 14.3 Å². The molecule has 41 heavy (non-hydrogen) atoms. The standard InChI is InChI=1S/C28H35N5O.C3H6O2.C2H6/c1-18-14-16-33(17-15-18)27(34)25-21(4)29-28(32-26(25)23-12-8-6-10-19(23)2)31-22(5)30-24-13-9-7-11-20(24)3;1-2-5-3-4;1-2/h6-13,18,26H,14-17H2,1-5H3,(H2,29,30,31,32);3H,2H2,1H3;1-2H3.